The minimum absolute atomic E-state index is 0.700. The van der Waals surface area contributed by atoms with Crippen molar-refractivity contribution in [3.63, 3.8) is 0 Å². The van der Waals surface area contributed by atoms with Crippen LogP contribution < -0.4 is 0 Å². The summed E-state index contributed by atoms with van der Waals surface area (Å²) in [6.07, 6.45) is 3.58. The summed E-state index contributed by atoms with van der Waals surface area (Å²) in [7, 11) is 0. The van der Waals surface area contributed by atoms with Crippen molar-refractivity contribution in [3.05, 3.63) is 42.0 Å². The van der Waals surface area contributed by atoms with Crippen molar-refractivity contribution in [3.8, 4) is 0 Å². The lowest BCUT2D eigenvalue weighted by Gasteiger charge is -2.23. The Hall–Kier alpha value is -1.08. The first-order valence-electron chi connectivity index (χ1n) is 5.05. The maximum atomic E-state index is 10.1. The van der Waals surface area contributed by atoms with Gasteiger partial charge in [-0.1, -0.05) is 50.3 Å². The maximum Gasteiger partial charge on any atom is 0.0868 e. The second-order valence-electron chi connectivity index (χ2n) is 3.85. The first-order chi connectivity index (χ1) is 6.60. The summed E-state index contributed by atoms with van der Waals surface area (Å²) in [5.41, 5.74) is 1.36. The second-order valence-corrected chi connectivity index (χ2v) is 3.85. The van der Waals surface area contributed by atoms with Crippen LogP contribution in [0.4, 0.5) is 0 Å². The molecule has 1 aromatic carbocycles. The summed E-state index contributed by atoms with van der Waals surface area (Å²) in [5.74, 6) is 0. The molecule has 1 heteroatoms. The molecule has 0 bridgehead atoms. The van der Waals surface area contributed by atoms with E-state index in [-0.39, 0.29) is 0 Å². The van der Waals surface area contributed by atoms with Gasteiger partial charge in [0.05, 0.1) is 5.60 Å². The number of aliphatic hydroxyl groups is 1. The summed E-state index contributed by atoms with van der Waals surface area (Å²) in [6, 6.07) is 7.89. The molecule has 0 aromatic heterocycles. The predicted molar refractivity (Wildman–Crippen MR) is 61.0 cm³/mol. The van der Waals surface area contributed by atoms with Crippen LogP contribution in [0.25, 0.3) is 6.08 Å². The molecule has 0 fully saturated rings. The first kappa shape index (κ1) is 11.0. The van der Waals surface area contributed by atoms with Crippen molar-refractivity contribution in [2.45, 2.75) is 32.3 Å². The van der Waals surface area contributed by atoms with E-state index < -0.39 is 5.60 Å². The van der Waals surface area contributed by atoms with E-state index in [2.05, 4.69) is 13.5 Å². The normalized spacial score (nSPS) is 14.8. The molecule has 0 aliphatic carbocycles. The van der Waals surface area contributed by atoms with Crippen LogP contribution >= 0.6 is 0 Å². The molecular weight excluding hydrogens is 172 g/mol. The average molecular weight is 190 g/mol. The molecule has 0 amide bonds. The van der Waals surface area contributed by atoms with Gasteiger partial charge < -0.3 is 5.11 Å². The fraction of sp³-hybridized carbons (Fsp3) is 0.385. The van der Waals surface area contributed by atoms with Gasteiger partial charge in [-0.25, -0.2) is 0 Å². The molecule has 0 saturated heterocycles. The van der Waals surface area contributed by atoms with Crippen LogP contribution in [0.5, 0.6) is 0 Å². The minimum Gasteiger partial charge on any atom is -0.385 e. The lowest BCUT2D eigenvalue weighted by atomic mass is 9.91. The molecule has 0 saturated carbocycles. The van der Waals surface area contributed by atoms with Gasteiger partial charge in [0.1, 0.15) is 0 Å². The molecule has 1 aromatic rings. The molecule has 1 rings (SSSR count). The molecule has 0 heterocycles. The van der Waals surface area contributed by atoms with Crippen molar-refractivity contribution in [2.24, 2.45) is 0 Å². The number of hydrogen-bond donors (Lipinski definition) is 1. The second kappa shape index (κ2) is 4.43. The molecule has 0 aliphatic rings. The van der Waals surface area contributed by atoms with Crippen molar-refractivity contribution < 1.29 is 5.11 Å². The number of benzene rings is 1. The van der Waals surface area contributed by atoms with E-state index in [1.165, 1.54) is 0 Å². The maximum absolute atomic E-state index is 10.1. The summed E-state index contributed by atoms with van der Waals surface area (Å²) in [5, 5.41) is 10.1. The van der Waals surface area contributed by atoms with Crippen molar-refractivity contribution in [1.82, 2.24) is 0 Å². The molecule has 0 radical (unpaired) electrons. The van der Waals surface area contributed by atoms with Gasteiger partial charge in [0.2, 0.25) is 0 Å². The third-order valence-corrected chi connectivity index (χ3v) is 2.51. The van der Waals surface area contributed by atoms with E-state index in [0.29, 0.717) is 0 Å². The third kappa shape index (κ3) is 2.46. The zero-order valence-electron chi connectivity index (χ0n) is 8.96. The number of hydrogen-bond acceptors (Lipinski definition) is 1. The van der Waals surface area contributed by atoms with E-state index in [4.69, 9.17) is 0 Å². The molecule has 0 aliphatic heterocycles. The van der Waals surface area contributed by atoms with Gasteiger partial charge in [-0.2, -0.15) is 0 Å². The Morgan fingerprint density at radius 1 is 1.36 bits per heavy atom. The molecule has 0 spiro atoms. The lowest BCUT2D eigenvalue weighted by Crippen LogP contribution is -2.20. The zero-order valence-corrected chi connectivity index (χ0v) is 8.96. The Morgan fingerprint density at radius 2 is 1.93 bits per heavy atom. The standard InChI is InChI=1S/C13H18O/c1-4-10-13(3,14)12-8-6-11(5-2)7-9-12/h5-9,14H,2,4,10H2,1,3H3. The van der Waals surface area contributed by atoms with Crippen LogP contribution in [-0.4, -0.2) is 5.11 Å². The van der Waals surface area contributed by atoms with Gasteiger partial charge in [-0.3, -0.25) is 0 Å². The Bertz CT molecular complexity index is 296. The SMILES string of the molecule is C=Cc1ccc(C(C)(O)CCC)cc1. The van der Waals surface area contributed by atoms with Gasteiger partial charge in [-0.15, -0.1) is 0 Å². The Morgan fingerprint density at radius 3 is 2.36 bits per heavy atom. The van der Waals surface area contributed by atoms with Gasteiger partial charge >= 0.3 is 0 Å². The van der Waals surface area contributed by atoms with E-state index in [0.717, 1.165) is 24.0 Å². The fourth-order valence-corrected chi connectivity index (χ4v) is 1.61. The Labute approximate surface area is 86.1 Å². The average Bonchev–Trinajstić information content (AvgIpc) is 2.18. The van der Waals surface area contributed by atoms with Crippen LogP contribution in [0.1, 0.15) is 37.8 Å². The van der Waals surface area contributed by atoms with Crippen molar-refractivity contribution in [1.29, 1.82) is 0 Å². The quantitative estimate of drug-likeness (QED) is 0.772. The fourth-order valence-electron chi connectivity index (χ4n) is 1.61. The predicted octanol–water partition coefficient (Wildman–Crippen LogP) is 3.34. The molecule has 1 N–H and O–H groups in total. The summed E-state index contributed by atoms with van der Waals surface area (Å²) < 4.78 is 0. The topological polar surface area (TPSA) is 20.2 Å². The lowest BCUT2D eigenvalue weighted by molar-refractivity contribution is 0.0470. The number of rotatable bonds is 4. The summed E-state index contributed by atoms with van der Waals surface area (Å²) >= 11 is 0. The molecule has 14 heavy (non-hydrogen) atoms. The van der Waals surface area contributed by atoms with Crippen LogP contribution in [0.3, 0.4) is 0 Å². The highest BCUT2D eigenvalue weighted by molar-refractivity contribution is 5.47. The molecule has 1 atom stereocenters. The largest absolute Gasteiger partial charge is 0.385 e. The molecule has 1 nitrogen and oxygen atoms in total. The highest BCUT2D eigenvalue weighted by Gasteiger charge is 2.20. The highest BCUT2D eigenvalue weighted by atomic mass is 16.3. The smallest absolute Gasteiger partial charge is 0.0868 e. The van der Waals surface area contributed by atoms with E-state index >= 15 is 0 Å². The molecule has 1 unspecified atom stereocenters. The first-order valence-corrected chi connectivity index (χ1v) is 5.05. The van der Waals surface area contributed by atoms with Crippen LogP contribution in [0, 0.1) is 0 Å². The summed E-state index contributed by atoms with van der Waals surface area (Å²) in [4.78, 5) is 0. The molecular formula is C13H18O. The third-order valence-electron chi connectivity index (χ3n) is 2.51. The van der Waals surface area contributed by atoms with Gasteiger partial charge in [-0.05, 0) is 24.5 Å². The zero-order chi connectivity index (χ0) is 10.6. The van der Waals surface area contributed by atoms with Gasteiger partial charge in [0.25, 0.3) is 0 Å². The van der Waals surface area contributed by atoms with Gasteiger partial charge in [0, 0.05) is 0 Å². The van der Waals surface area contributed by atoms with Gasteiger partial charge in [0.15, 0.2) is 0 Å². The van der Waals surface area contributed by atoms with E-state index in [1.54, 1.807) is 6.08 Å². The monoisotopic (exact) mass is 190 g/mol. The Balaban J connectivity index is 2.90. The van der Waals surface area contributed by atoms with Crippen LogP contribution in [0.15, 0.2) is 30.8 Å². The Kier molecular flexibility index (Phi) is 3.48. The van der Waals surface area contributed by atoms with Crippen LogP contribution in [-0.2, 0) is 5.60 Å². The molecule has 76 valence electrons. The minimum atomic E-state index is -0.700. The van der Waals surface area contributed by atoms with E-state index in [9.17, 15) is 5.11 Å². The van der Waals surface area contributed by atoms with Crippen molar-refractivity contribution in [2.75, 3.05) is 0 Å². The van der Waals surface area contributed by atoms with Crippen molar-refractivity contribution >= 4 is 6.08 Å². The van der Waals surface area contributed by atoms with E-state index in [1.807, 2.05) is 31.2 Å². The highest BCUT2D eigenvalue weighted by Crippen LogP contribution is 2.25. The summed E-state index contributed by atoms with van der Waals surface area (Å²) in [6.45, 7) is 7.63. The van der Waals surface area contributed by atoms with Crippen LogP contribution in [0.2, 0.25) is 0 Å².